The first kappa shape index (κ1) is 26.5. The van der Waals surface area contributed by atoms with Gasteiger partial charge in [-0.1, -0.05) is 56.1 Å². The second-order valence-electron chi connectivity index (χ2n) is 11.1. The topological polar surface area (TPSA) is 9.23 Å². The Bertz CT molecular complexity index is 872. The largest absolute Gasteiger partial charge is 0.374 e. The lowest BCUT2D eigenvalue weighted by Crippen LogP contribution is -2.25. The van der Waals surface area contributed by atoms with Crippen molar-refractivity contribution < 1.29 is 17.9 Å². The Morgan fingerprint density at radius 2 is 1.71 bits per heavy atom. The number of hydrogen-bond donors (Lipinski definition) is 0. The van der Waals surface area contributed by atoms with E-state index >= 15 is 8.78 Å². The molecule has 4 aliphatic carbocycles. The van der Waals surface area contributed by atoms with Crippen LogP contribution in [-0.4, -0.2) is 12.7 Å². The summed E-state index contributed by atoms with van der Waals surface area (Å²) < 4.78 is 50.4. The van der Waals surface area contributed by atoms with E-state index in [-0.39, 0.29) is 35.6 Å². The molecule has 0 aromatic carbocycles. The highest BCUT2D eigenvalue weighted by Gasteiger charge is 2.36. The summed E-state index contributed by atoms with van der Waals surface area (Å²) in [6.45, 7) is 4.72. The maximum absolute atomic E-state index is 15.2. The molecule has 0 heterocycles. The molecule has 1 saturated carbocycles. The quantitative estimate of drug-likeness (QED) is 0.314. The van der Waals surface area contributed by atoms with Crippen LogP contribution >= 0.6 is 0 Å². The van der Waals surface area contributed by atoms with Gasteiger partial charge in [-0.3, -0.25) is 0 Å². The van der Waals surface area contributed by atoms with Gasteiger partial charge < -0.3 is 4.74 Å². The molecule has 0 N–H and O–H groups in total. The lowest BCUT2D eigenvalue weighted by Gasteiger charge is -2.35. The summed E-state index contributed by atoms with van der Waals surface area (Å²) in [6, 6.07) is 0. The normalized spacial score (nSPS) is 33.9. The second-order valence-corrected chi connectivity index (χ2v) is 11.1. The Hall–Kier alpha value is -1.55. The summed E-state index contributed by atoms with van der Waals surface area (Å²) >= 11 is 0. The van der Waals surface area contributed by atoms with E-state index in [0.29, 0.717) is 24.5 Å². The van der Waals surface area contributed by atoms with Crippen LogP contribution in [0, 0.1) is 29.6 Å². The number of halogens is 3. The molecule has 0 amide bonds. The van der Waals surface area contributed by atoms with Crippen molar-refractivity contribution in [3.63, 3.8) is 0 Å². The molecular formula is C31H43F3O. The van der Waals surface area contributed by atoms with Crippen LogP contribution in [0.2, 0.25) is 0 Å². The maximum Gasteiger partial charge on any atom is 0.158 e. The van der Waals surface area contributed by atoms with Gasteiger partial charge in [0.2, 0.25) is 0 Å². The molecule has 0 radical (unpaired) electrons. The molecule has 4 heteroatoms. The van der Waals surface area contributed by atoms with Crippen molar-refractivity contribution in [3.05, 3.63) is 59.0 Å². The van der Waals surface area contributed by atoms with Crippen LogP contribution in [-0.2, 0) is 4.74 Å². The van der Waals surface area contributed by atoms with Crippen molar-refractivity contribution in [2.75, 3.05) is 6.61 Å². The van der Waals surface area contributed by atoms with Crippen LogP contribution in [0.15, 0.2) is 59.0 Å². The van der Waals surface area contributed by atoms with Gasteiger partial charge >= 0.3 is 0 Å². The first-order valence-electron chi connectivity index (χ1n) is 14.1. The maximum atomic E-state index is 15.2. The van der Waals surface area contributed by atoms with E-state index in [1.165, 1.54) is 5.57 Å². The third-order valence-corrected chi connectivity index (χ3v) is 8.79. The fourth-order valence-corrected chi connectivity index (χ4v) is 6.67. The van der Waals surface area contributed by atoms with Crippen molar-refractivity contribution in [1.82, 2.24) is 0 Å². The summed E-state index contributed by atoms with van der Waals surface area (Å²) in [4.78, 5) is 0. The SMILES string of the molecule is CCCC1=CCC(C2=CCC(C3CCC(CCC4CCC(OCC)C=C4F)CC3)C(F)=C2F)C=C1. The Morgan fingerprint density at radius 3 is 2.37 bits per heavy atom. The lowest BCUT2D eigenvalue weighted by molar-refractivity contribution is 0.0749. The molecule has 4 unspecified atom stereocenters. The fourth-order valence-electron chi connectivity index (χ4n) is 6.67. The van der Waals surface area contributed by atoms with Gasteiger partial charge in [-0.25, -0.2) is 13.2 Å². The standard InChI is InChI=1S/C31H43F3O/c1-3-5-21-6-11-23(12-7-21)27-18-19-28(31(34)30(27)33)24-13-8-22(9-14-24)10-15-25-16-17-26(35-4-2)20-29(25)32/h6-7,11,18,20,22-26,28H,3-5,8-10,12-17,19H2,1-2H3. The molecule has 0 spiro atoms. The van der Waals surface area contributed by atoms with Gasteiger partial charge in [-0.05, 0) is 88.2 Å². The van der Waals surface area contributed by atoms with Crippen LogP contribution in [0.4, 0.5) is 13.2 Å². The van der Waals surface area contributed by atoms with Crippen LogP contribution < -0.4 is 0 Å². The van der Waals surface area contributed by atoms with Crippen LogP contribution in [0.1, 0.15) is 90.9 Å². The highest BCUT2D eigenvalue weighted by Crippen LogP contribution is 2.46. The number of allylic oxidation sites excluding steroid dienone is 9. The van der Waals surface area contributed by atoms with E-state index in [0.717, 1.165) is 70.6 Å². The molecule has 4 atom stereocenters. The second kappa shape index (κ2) is 12.6. The number of rotatable bonds is 9. The van der Waals surface area contributed by atoms with Crippen molar-refractivity contribution in [2.45, 2.75) is 97.0 Å². The molecular weight excluding hydrogens is 445 g/mol. The van der Waals surface area contributed by atoms with E-state index in [1.807, 2.05) is 13.0 Å². The predicted molar refractivity (Wildman–Crippen MR) is 138 cm³/mol. The number of hydrogen-bond acceptors (Lipinski definition) is 1. The third-order valence-electron chi connectivity index (χ3n) is 8.79. The van der Waals surface area contributed by atoms with Gasteiger partial charge in [0.25, 0.3) is 0 Å². The zero-order valence-corrected chi connectivity index (χ0v) is 21.6. The lowest BCUT2D eigenvalue weighted by atomic mass is 9.70. The minimum atomic E-state index is -0.602. The molecule has 1 nitrogen and oxygen atoms in total. The minimum absolute atomic E-state index is 0.000699. The highest BCUT2D eigenvalue weighted by molar-refractivity contribution is 5.40. The first-order chi connectivity index (χ1) is 17.0. The van der Waals surface area contributed by atoms with E-state index in [9.17, 15) is 4.39 Å². The summed E-state index contributed by atoms with van der Waals surface area (Å²) in [7, 11) is 0. The van der Waals surface area contributed by atoms with Gasteiger partial charge in [0.15, 0.2) is 5.83 Å². The molecule has 0 aromatic heterocycles. The monoisotopic (exact) mass is 488 g/mol. The summed E-state index contributed by atoms with van der Waals surface area (Å²) in [5.74, 6) is -0.652. The summed E-state index contributed by atoms with van der Waals surface area (Å²) in [6.07, 6.45) is 21.1. The van der Waals surface area contributed by atoms with Crippen LogP contribution in [0.5, 0.6) is 0 Å². The average molecular weight is 489 g/mol. The average Bonchev–Trinajstić information content (AvgIpc) is 2.87. The van der Waals surface area contributed by atoms with E-state index in [2.05, 4.69) is 25.2 Å². The van der Waals surface area contributed by atoms with Crippen LogP contribution in [0.25, 0.3) is 0 Å². The van der Waals surface area contributed by atoms with Gasteiger partial charge in [0.05, 0.1) is 6.10 Å². The number of ether oxygens (including phenoxy) is 1. The molecule has 0 saturated heterocycles. The van der Waals surface area contributed by atoms with E-state index in [1.54, 1.807) is 6.08 Å². The fraction of sp³-hybridized carbons (Fsp3) is 0.677. The van der Waals surface area contributed by atoms with Gasteiger partial charge in [-0.15, -0.1) is 0 Å². The van der Waals surface area contributed by atoms with Crippen LogP contribution in [0.3, 0.4) is 0 Å². The van der Waals surface area contributed by atoms with E-state index < -0.39 is 11.7 Å². The van der Waals surface area contributed by atoms with Gasteiger partial charge in [-0.2, -0.15) is 0 Å². The molecule has 35 heavy (non-hydrogen) atoms. The smallest absolute Gasteiger partial charge is 0.158 e. The zero-order chi connectivity index (χ0) is 24.8. The van der Waals surface area contributed by atoms with Crippen molar-refractivity contribution in [3.8, 4) is 0 Å². The summed E-state index contributed by atoms with van der Waals surface area (Å²) in [5, 5.41) is 0. The Morgan fingerprint density at radius 1 is 0.914 bits per heavy atom. The van der Waals surface area contributed by atoms with E-state index in [4.69, 9.17) is 4.74 Å². The highest BCUT2D eigenvalue weighted by atomic mass is 19.2. The Balaban J connectivity index is 1.24. The molecule has 0 aliphatic heterocycles. The predicted octanol–water partition coefficient (Wildman–Crippen LogP) is 9.64. The third kappa shape index (κ3) is 6.61. The molecule has 194 valence electrons. The molecule has 1 fully saturated rings. The Kier molecular flexibility index (Phi) is 9.55. The Labute approximate surface area is 210 Å². The molecule has 4 rings (SSSR count). The first-order valence-corrected chi connectivity index (χ1v) is 14.1. The minimum Gasteiger partial charge on any atom is -0.374 e. The molecule has 0 aromatic rings. The summed E-state index contributed by atoms with van der Waals surface area (Å²) in [5.41, 5.74) is 1.85. The zero-order valence-electron chi connectivity index (χ0n) is 21.6. The molecule has 0 bridgehead atoms. The molecule has 4 aliphatic rings. The van der Waals surface area contributed by atoms with Crippen molar-refractivity contribution in [1.29, 1.82) is 0 Å². The van der Waals surface area contributed by atoms with Crippen molar-refractivity contribution in [2.24, 2.45) is 29.6 Å². The van der Waals surface area contributed by atoms with Gasteiger partial charge in [0.1, 0.15) is 11.7 Å². The van der Waals surface area contributed by atoms with Crippen molar-refractivity contribution >= 4 is 0 Å². The van der Waals surface area contributed by atoms with Gasteiger partial charge in [0, 0.05) is 24.4 Å².